The van der Waals surface area contributed by atoms with E-state index in [0.29, 0.717) is 16.4 Å². The van der Waals surface area contributed by atoms with E-state index in [1.807, 2.05) is 30.3 Å². The zero-order valence-electron chi connectivity index (χ0n) is 22.7. The first-order chi connectivity index (χ1) is 20.4. The monoisotopic (exact) mass is 641 g/mol. The van der Waals surface area contributed by atoms with E-state index in [-0.39, 0.29) is 18.2 Å². The van der Waals surface area contributed by atoms with E-state index < -0.39 is 34.2 Å². The minimum atomic E-state index is -1.27. The zero-order valence-corrected chi connectivity index (χ0v) is 25.1. The van der Waals surface area contributed by atoms with Gasteiger partial charge in [0.15, 0.2) is 5.78 Å². The van der Waals surface area contributed by atoms with Crippen molar-refractivity contribution in [3.05, 3.63) is 143 Å². The maximum absolute atomic E-state index is 13.0. The number of halogens is 1. The van der Waals surface area contributed by atoms with Gasteiger partial charge in [-0.25, -0.2) is 4.79 Å². The number of Topliss-reactive ketones (excluding diaryl/α,β-unsaturated/α-hetero) is 1. The highest BCUT2D eigenvalue weighted by Gasteiger charge is 2.38. The van der Waals surface area contributed by atoms with Crippen molar-refractivity contribution in [1.29, 1.82) is 0 Å². The van der Waals surface area contributed by atoms with Gasteiger partial charge in [-0.1, -0.05) is 131 Å². The molecule has 1 unspecified atom stereocenters. The lowest BCUT2D eigenvalue weighted by atomic mass is 9.84. The summed E-state index contributed by atoms with van der Waals surface area (Å²) in [5.74, 6) is -3.21. The van der Waals surface area contributed by atoms with Gasteiger partial charge < -0.3 is 4.84 Å². The van der Waals surface area contributed by atoms with Gasteiger partial charge in [0.2, 0.25) is 0 Å². The molecular formula is C34H28BrNO5S. The topological polar surface area (TPSA) is 80.8 Å². The number of benzene rings is 4. The lowest BCUT2D eigenvalue weighted by Gasteiger charge is -2.35. The number of nitrogens with zero attached hydrogens (tertiary/aromatic N) is 1. The van der Waals surface area contributed by atoms with Crippen LogP contribution >= 0.6 is 27.7 Å². The normalized spacial score (nSPS) is 14.1. The lowest BCUT2D eigenvalue weighted by Crippen LogP contribution is -2.36. The lowest BCUT2D eigenvalue weighted by molar-refractivity contribution is -0.198. The summed E-state index contributed by atoms with van der Waals surface area (Å²) in [6.07, 6.45) is -0.0437. The summed E-state index contributed by atoms with van der Waals surface area (Å²) in [5, 5.41) is 0.387. The van der Waals surface area contributed by atoms with Gasteiger partial charge in [-0.3, -0.25) is 14.4 Å². The van der Waals surface area contributed by atoms with Crippen molar-refractivity contribution in [2.75, 3.05) is 5.33 Å². The Labute approximate surface area is 257 Å². The minimum absolute atomic E-state index is 0.0219. The van der Waals surface area contributed by atoms with Crippen LogP contribution in [-0.4, -0.2) is 34.0 Å². The standard InChI is InChI=1S/C34H28BrNO5S/c35-22-29(37)32(33(40)41-36-30(38)20-21-31(36)39)25-18-16-24(17-19-25)23-42-34(26-10-4-1-5-11-26,27-12-6-2-7-13-27)28-14-8-3-9-15-28/h1-19,32H,20-23H2. The van der Waals surface area contributed by atoms with Crippen LogP contribution in [0.1, 0.15) is 46.6 Å². The van der Waals surface area contributed by atoms with Crippen LogP contribution in [0.5, 0.6) is 0 Å². The number of alkyl halides is 1. The van der Waals surface area contributed by atoms with Crippen LogP contribution in [0.25, 0.3) is 0 Å². The third-order valence-corrected chi connectivity index (χ3v) is 9.36. The summed E-state index contributed by atoms with van der Waals surface area (Å²) in [6, 6.07) is 38.5. The molecule has 5 rings (SSSR count). The second-order valence-electron chi connectivity index (χ2n) is 9.83. The molecule has 0 aromatic heterocycles. The Balaban J connectivity index is 1.44. The molecule has 1 atom stereocenters. The number of hydrogen-bond donors (Lipinski definition) is 0. The van der Waals surface area contributed by atoms with Gasteiger partial charge in [0, 0.05) is 18.6 Å². The van der Waals surface area contributed by atoms with E-state index in [2.05, 4.69) is 88.7 Å². The van der Waals surface area contributed by atoms with Crippen LogP contribution < -0.4 is 0 Å². The highest BCUT2D eigenvalue weighted by molar-refractivity contribution is 9.09. The number of thioether (sulfide) groups is 1. The van der Waals surface area contributed by atoms with Crippen LogP contribution in [0.4, 0.5) is 0 Å². The molecule has 42 heavy (non-hydrogen) atoms. The molecule has 8 heteroatoms. The van der Waals surface area contributed by atoms with Crippen molar-refractivity contribution in [1.82, 2.24) is 5.06 Å². The predicted molar refractivity (Wildman–Crippen MR) is 166 cm³/mol. The van der Waals surface area contributed by atoms with E-state index in [0.717, 1.165) is 22.3 Å². The van der Waals surface area contributed by atoms with Crippen LogP contribution in [0.15, 0.2) is 115 Å². The molecule has 1 aliphatic heterocycles. The first-order valence-electron chi connectivity index (χ1n) is 13.5. The summed E-state index contributed by atoms with van der Waals surface area (Å²) in [6.45, 7) is 0. The highest BCUT2D eigenvalue weighted by Crippen LogP contribution is 2.49. The van der Waals surface area contributed by atoms with Crippen molar-refractivity contribution < 1.29 is 24.0 Å². The minimum Gasteiger partial charge on any atom is -0.329 e. The maximum Gasteiger partial charge on any atom is 0.348 e. The fraction of sp³-hybridized carbons (Fsp3) is 0.176. The summed E-state index contributed by atoms with van der Waals surface area (Å²) >= 11 is 4.92. The van der Waals surface area contributed by atoms with Gasteiger partial charge in [-0.2, -0.15) is 0 Å². The predicted octanol–water partition coefficient (Wildman–Crippen LogP) is 6.57. The largest absolute Gasteiger partial charge is 0.348 e. The van der Waals surface area contributed by atoms with Crippen molar-refractivity contribution in [3.63, 3.8) is 0 Å². The Morgan fingerprint density at radius 1 is 0.738 bits per heavy atom. The molecule has 1 fully saturated rings. The van der Waals surface area contributed by atoms with E-state index in [9.17, 15) is 19.2 Å². The van der Waals surface area contributed by atoms with Gasteiger partial charge in [0.1, 0.15) is 5.92 Å². The second kappa shape index (κ2) is 13.3. The first-order valence-corrected chi connectivity index (χ1v) is 15.6. The van der Waals surface area contributed by atoms with Crippen molar-refractivity contribution in [2.45, 2.75) is 29.3 Å². The molecule has 4 aromatic carbocycles. The Bertz CT molecular complexity index is 1450. The molecule has 0 bridgehead atoms. The molecule has 6 nitrogen and oxygen atoms in total. The molecule has 2 amide bonds. The molecule has 0 N–H and O–H groups in total. The third kappa shape index (κ3) is 6.10. The summed E-state index contributed by atoms with van der Waals surface area (Å²) in [4.78, 5) is 54.8. The fourth-order valence-electron chi connectivity index (χ4n) is 5.10. The molecule has 4 aromatic rings. The first kappa shape index (κ1) is 29.5. The molecule has 1 aliphatic rings. The Morgan fingerprint density at radius 2 is 1.19 bits per heavy atom. The third-order valence-electron chi connectivity index (χ3n) is 7.19. The average Bonchev–Trinajstić information content (AvgIpc) is 3.35. The Hall–Kier alpha value is -4.01. The molecule has 0 aliphatic carbocycles. The SMILES string of the molecule is O=C(CBr)C(C(=O)ON1C(=O)CCC1=O)c1ccc(CSC(c2ccccc2)(c2ccccc2)c2ccccc2)cc1. The molecule has 1 saturated heterocycles. The second-order valence-corrected chi connectivity index (χ2v) is 11.6. The number of imide groups is 1. The van der Waals surface area contributed by atoms with E-state index in [1.54, 1.807) is 23.9 Å². The molecule has 1 heterocycles. The summed E-state index contributed by atoms with van der Waals surface area (Å²) in [7, 11) is 0. The van der Waals surface area contributed by atoms with Gasteiger partial charge in [-0.15, -0.1) is 16.8 Å². The smallest absolute Gasteiger partial charge is 0.329 e. The van der Waals surface area contributed by atoms with Crippen molar-refractivity contribution in [3.8, 4) is 0 Å². The number of rotatable bonds is 11. The molecule has 0 radical (unpaired) electrons. The van der Waals surface area contributed by atoms with Crippen LogP contribution in [0.3, 0.4) is 0 Å². The van der Waals surface area contributed by atoms with Gasteiger partial charge in [0.25, 0.3) is 11.8 Å². The number of carbonyl (C=O) groups is 4. The number of ketones is 1. The van der Waals surface area contributed by atoms with Crippen LogP contribution in [-0.2, 0) is 34.5 Å². The molecule has 0 saturated carbocycles. The average molecular weight is 643 g/mol. The number of carbonyl (C=O) groups excluding carboxylic acids is 4. The molecule has 0 spiro atoms. The van der Waals surface area contributed by atoms with Crippen LogP contribution in [0.2, 0.25) is 0 Å². The number of amides is 2. The Kier molecular flexibility index (Phi) is 9.35. The zero-order chi connectivity index (χ0) is 29.5. The van der Waals surface area contributed by atoms with E-state index in [1.165, 1.54) is 0 Å². The van der Waals surface area contributed by atoms with Crippen molar-refractivity contribution in [2.24, 2.45) is 0 Å². The van der Waals surface area contributed by atoms with Gasteiger partial charge >= 0.3 is 5.97 Å². The molecule has 212 valence electrons. The van der Waals surface area contributed by atoms with E-state index in [4.69, 9.17) is 4.84 Å². The number of hydrogen-bond acceptors (Lipinski definition) is 6. The summed E-state index contributed by atoms with van der Waals surface area (Å²) in [5.41, 5.74) is 4.89. The van der Waals surface area contributed by atoms with E-state index >= 15 is 0 Å². The summed E-state index contributed by atoms with van der Waals surface area (Å²) < 4.78 is -0.491. The number of hydroxylamine groups is 2. The van der Waals surface area contributed by atoms with Crippen LogP contribution in [0, 0.1) is 0 Å². The van der Waals surface area contributed by atoms with Gasteiger partial charge in [-0.05, 0) is 27.8 Å². The fourth-order valence-corrected chi connectivity index (χ4v) is 6.91. The quantitative estimate of drug-likeness (QED) is 0.0798. The molecular weight excluding hydrogens is 614 g/mol. The Morgan fingerprint density at radius 3 is 1.62 bits per heavy atom. The van der Waals surface area contributed by atoms with Crippen molar-refractivity contribution >= 4 is 51.3 Å². The van der Waals surface area contributed by atoms with Gasteiger partial charge in [0.05, 0.1) is 10.1 Å². The highest BCUT2D eigenvalue weighted by atomic mass is 79.9. The maximum atomic E-state index is 13.0.